The Hall–Kier alpha value is -2.46. The maximum absolute atomic E-state index is 14.6. The van der Waals surface area contributed by atoms with Crippen molar-refractivity contribution in [3.05, 3.63) is 64.9 Å². The third kappa shape index (κ3) is 5.17. The van der Waals surface area contributed by atoms with Crippen molar-refractivity contribution in [3.8, 4) is 17.1 Å². The van der Waals surface area contributed by atoms with Gasteiger partial charge in [-0.3, -0.25) is 9.47 Å². The van der Waals surface area contributed by atoms with Gasteiger partial charge in [-0.15, -0.1) is 5.10 Å². The molecule has 0 aliphatic rings. The van der Waals surface area contributed by atoms with Gasteiger partial charge in [0.25, 0.3) is 0 Å². The molecule has 2 aromatic carbocycles. The van der Waals surface area contributed by atoms with Crippen LogP contribution in [0.25, 0.3) is 17.1 Å². The van der Waals surface area contributed by atoms with Crippen molar-refractivity contribution < 1.29 is 18.3 Å². The quantitative estimate of drug-likeness (QED) is 0.453. The van der Waals surface area contributed by atoms with Gasteiger partial charge in [-0.05, 0) is 24.4 Å². The largest absolute Gasteiger partial charge is 0.383 e. The molecule has 160 valence electrons. The summed E-state index contributed by atoms with van der Waals surface area (Å²) in [6, 6.07) is 12.8. The Labute approximate surface area is 179 Å². The molecule has 1 heterocycles. The highest BCUT2D eigenvalue weighted by molar-refractivity contribution is 7.71. The van der Waals surface area contributed by atoms with Gasteiger partial charge in [0.15, 0.2) is 5.82 Å². The Kier molecular flexibility index (Phi) is 7.81. The molecule has 1 aromatic heterocycles. The SMILES string of the molecule is COCCN(CCOC)Cn1nc(-c2ccccc2)n(-c2ccc(F)cc2F)c1=S. The lowest BCUT2D eigenvalue weighted by Crippen LogP contribution is -2.33. The van der Waals surface area contributed by atoms with Gasteiger partial charge < -0.3 is 9.47 Å². The highest BCUT2D eigenvalue weighted by Gasteiger charge is 2.19. The number of halogens is 2. The van der Waals surface area contributed by atoms with E-state index in [2.05, 4.69) is 10.00 Å². The number of rotatable bonds is 10. The lowest BCUT2D eigenvalue weighted by molar-refractivity contribution is 0.0923. The molecule has 0 N–H and O–H groups in total. The van der Waals surface area contributed by atoms with Crippen LogP contribution in [0.4, 0.5) is 8.78 Å². The molecular weight excluding hydrogens is 410 g/mol. The number of aromatic nitrogens is 3. The van der Waals surface area contributed by atoms with Crippen LogP contribution >= 0.6 is 12.2 Å². The summed E-state index contributed by atoms with van der Waals surface area (Å²) < 4.78 is 41.9. The molecule has 3 rings (SSSR count). The van der Waals surface area contributed by atoms with Crippen molar-refractivity contribution in [2.45, 2.75) is 6.67 Å². The highest BCUT2D eigenvalue weighted by Crippen LogP contribution is 2.25. The van der Waals surface area contributed by atoms with E-state index in [9.17, 15) is 8.78 Å². The molecule has 9 heteroatoms. The molecule has 3 aromatic rings. The van der Waals surface area contributed by atoms with Gasteiger partial charge in [-0.1, -0.05) is 30.3 Å². The van der Waals surface area contributed by atoms with Gasteiger partial charge in [-0.2, -0.15) is 0 Å². The van der Waals surface area contributed by atoms with E-state index in [4.69, 9.17) is 21.7 Å². The predicted molar refractivity (Wildman–Crippen MR) is 113 cm³/mol. The van der Waals surface area contributed by atoms with Crippen LogP contribution in [-0.2, 0) is 16.1 Å². The fraction of sp³-hybridized carbons (Fsp3) is 0.333. The van der Waals surface area contributed by atoms with E-state index in [-0.39, 0.29) is 5.69 Å². The second-order valence-corrected chi connectivity index (χ2v) is 7.01. The van der Waals surface area contributed by atoms with E-state index in [1.807, 2.05) is 30.3 Å². The number of benzene rings is 2. The van der Waals surface area contributed by atoms with E-state index in [0.717, 1.165) is 11.6 Å². The van der Waals surface area contributed by atoms with Crippen molar-refractivity contribution in [2.75, 3.05) is 40.5 Å². The molecule has 0 spiro atoms. The summed E-state index contributed by atoms with van der Waals surface area (Å²) in [6.07, 6.45) is 0. The minimum absolute atomic E-state index is 0.145. The van der Waals surface area contributed by atoms with Gasteiger partial charge in [0, 0.05) is 38.9 Å². The van der Waals surface area contributed by atoms with Crippen LogP contribution in [0.1, 0.15) is 0 Å². The fourth-order valence-electron chi connectivity index (χ4n) is 3.04. The predicted octanol–water partition coefficient (Wildman–Crippen LogP) is 3.90. The van der Waals surface area contributed by atoms with Crippen molar-refractivity contribution in [1.29, 1.82) is 0 Å². The summed E-state index contributed by atoms with van der Waals surface area (Å²) in [4.78, 5) is 2.08. The molecular formula is C21H24F2N4O2S. The normalized spacial score (nSPS) is 11.4. The molecule has 6 nitrogen and oxygen atoms in total. The van der Waals surface area contributed by atoms with Gasteiger partial charge in [0.05, 0.1) is 25.6 Å². The zero-order valence-electron chi connectivity index (χ0n) is 16.9. The number of hydrogen-bond acceptors (Lipinski definition) is 5. The summed E-state index contributed by atoms with van der Waals surface area (Å²) in [5.41, 5.74) is 0.915. The summed E-state index contributed by atoms with van der Waals surface area (Å²) >= 11 is 5.64. The first kappa shape index (κ1) is 22.2. The van der Waals surface area contributed by atoms with E-state index >= 15 is 0 Å². The molecule has 0 aliphatic heterocycles. The van der Waals surface area contributed by atoms with Crippen LogP contribution in [0.15, 0.2) is 48.5 Å². The monoisotopic (exact) mass is 434 g/mol. The molecule has 0 atom stereocenters. The summed E-state index contributed by atoms with van der Waals surface area (Å²) in [6.45, 7) is 2.76. The standard InChI is InChI=1S/C21H24F2N4O2S/c1-28-12-10-25(11-13-29-2)15-26-21(30)27(19-9-8-17(22)14-18(19)23)20(24-26)16-6-4-3-5-7-16/h3-9,14H,10-13,15H2,1-2H3. The second-order valence-electron chi connectivity index (χ2n) is 6.65. The lowest BCUT2D eigenvalue weighted by atomic mass is 10.2. The number of hydrogen-bond donors (Lipinski definition) is 0. The van der Waals surface area contributed by atoms with Gasteiger partial charge in [-0.25, -0.2) is 13.5 Å². The zero-order chi connectivity index (χ0) is 21.5. The van der Waals surface area contributed by atoms with Crippen LogP contribution in [-0.4, -0.2) is 59.8 Å². The fourth-order valence-corrected chi connectivity index (χ4v) is 3.32. The van der Waals surface area contributed by atoms with E-state index < -0.39 is 11.6 Å². The van der Waals surface area contributed by atoms with Gasteiger partial charge in [0.2, 0.25) is 4.77 Å². The Bertz CT molecular complexity index is 1020. The Morgan fingerprint density at radius 3 is 2.27 bits per heavy atom. The van der Waals surface area contributed by atoms with Crippen LogP contribution in [0.2, 0.25) is 0 Å². The third-order valence-corrected chi connectivity index (χ3v) is 4.97. The summed E-state index contributed by atoms with van der Waals surface area (Å²) in [5.74, 6) is -0.885. The maximum Gasteiger partial charge on any atom is 0.204 e. The maximum atomic E-state index is 14.6. The first-order chi connectivity index (χ1) is 14.5. The van der Waals surface area contributed by atoms with Crippen LogP contribution in [0.5, 0.6) is 0 Å². The second kappa shape index (κ2) is 10.5. The van der Waals surface area contributed by atoms with Gasteiger partial charge >= 0.3 is 0 Å². The molecule has 0 unspecified atom stereocenters. The molecule has 0 fully saturated rings. The smallest absolute Gasteiger partial charge is 0.204 e. The molecule has 0 radical (unpaired) electrons. The average Bonchev–Trinajstić information content (AvgIpc) is 3.06. The van der Waals surface area contributed by atoms with E-state index in [1.165, 1.54) is 16.7 Å². The number of nitrogens with zero attached hydrogens (tertiary/aromatic N) is 4. The zero-order valence-corrected chi connectivity index (χ0v) is 17.7. The van der Waals surface area contributed by atoms with Crippen molar-refractivity contribution in [1.82, 2.24) is 19.2 Å². The lowest BCUT2D eigenvalue weighted by Gasteiger charge is -2.21. The first-order valence-corrected chi connectivity index (χ1v) is 9.87. The summed E-state index contributed by atoms with van der Waals surface area (Å²) in [5, 5.41) is 4.67. The van der Waals surface area contributed by atoms with E-state index in [1.54, 1.807) is 18.9 Å². The minimum Gasteiger partial charge on any atom is -0.383 e. The first-order valence-electron chi connectivity index (χ1n) is 9.46. The number of ether oxygens (including phenoxy) is 2. The average molecular weight is 435 g/mol. The van der Waals surface area contributed by atoms with Crippen molar-refractivity contribution in [2.24, 2.45) is 0 Å². The van der Waals surface area contributed by atoms with Crippen LogP contribution < -0.4 is 0 Å². The molecule has 0 saturated carbocycles. The Morgan fingerprint density at radius 2 is 1.67 bits per heavy atom. The Balaban J connectivity index is 2.07. The molecule has 30 heavy (non-hydrogen) atoms. The highest BCUT2D eigenvalue weighted by atomic mass is 32.1. The molecule has 0 amide bonds. The molecule has 0 bridgehead atoms. The van der Waals surface area contributed by atoms with Crippen LogP contribution in [0, 0.1) is 16.4 Å². The number of methoxy groups -OCH3 is 2. The van der Waals surface area contributed by atoms with Crippen molar-refractivity contribution in [3.63, 3.8) is 0 Å². The topological polar surface area (TPSA) is 44.5 Å². The van der Waals surface area contributed by atoms with Crippen LogP contribution in [0.3, 0.4) is 0 Å². The molecule has 0 aliphatic carbocycles. The molecule has 0 saturated heterocycles. The summed E-state index contributed by atoms with van der Waals surface area (Å²) in [7, 11) is 3.28. The third-order valence-electron chi connectivity index (χ3n) is 4.58. The van der Waals surface area contributed by atoms with E-state index in [0.29, 0.717) is 43.6 Å². The van der Waals surface area contributed by atoms with Crippen molar-refractivity contribution >= 4 is 12.2 Å². The minimum atomic E-state index is -0.710. The van der Waals surface area contributed by atoms with Gasteiger partial charge in [0.1, 0.15) is 11.6 Å². The Morgan fingerprint density at radius 1 is 1.00 bits per heavy atom.